The highest BCUT2D eigenvalue weighted by atomic mass is 32.1. The van der Waals surface area contributed by atoms with Crippen molar-refractivity contribution in [3.63, 3.8) is 0 Å². The van der Waals surface area contributed by atoms with Gasteiger partial charge in [-0.25, -0.2) is 0 Å². The van der Waals surface area contributed by atoms with E-state index in [0.717, 1.165) is 15.9 Å². The summed E-state index contributed by atoms with van der Waals surface area (Å²) in [4.78, 5) is 15.1. The van der Waals surface area contributed by atoms with Crippen molar-refractivity contribution < 1.29 is 4.79 Å². The zero-order chi connectivity index (χ0) is 13.4. The molecule has 3 rings (SSSR count). The molecule has 0 radical (unpaired) electrons. The number of amides is 1. The molecule has 0 saturated carbocycles. The molecule has 0 aliphatic heterocycles. The molecule has 0 bridgehead atoms. The lowest BCUT2D eigenvalue weighted by atomic mass is 10.2. The molecular weight excluding hydrogens is 262 g/mol. The second-order valence-corrected chi connectivity index (χ2v) is 5.26. The van der Waals surface area contributed by atoms with Crippen LogP contribution in [0.4, 0.5) is 10.8 Å². The lowest BCUT2D eigenvalue weighted by Crippen LogP contribution is -2.11. The molecule has 4 N–H and O–H groups in total. The van der Waals surface area contributed by atoms with Crippen LogP contribution in [0.2, 0.25) is 0 Å². The van der Waals surface area contributed by atoms with E-state index in [1.54, 1.807) is 12.1 Å². The molecule has 0 unspecified atom stereocenters. The van der Waals surface area contributed by atoms with Gasteiger partial charge in [-0.15, -0.1) is 10.2 Å². The normalized spacial score (nSPS) is 10.8. The average molecular weight is 273 g/mol. The van der Waals surface area contributed by atoms with E-state index in [4.69, 9.17) is 5.73 Å². The van der Waals surface area contributed by atoms with Crippen molar-refractivity contribution in [2.45, 2.75) is 6.92 Å². The summed E-state index contributed by atoms with van der Waals surface area (Å²) in [6.45, 7) is 1.83. The Hall–Kier alpha value is -2.41. The van der Waals surface area contributed by atoms with E-state index in [2.05, 4.69) is 20.5 Å². The Bertz CT molecular complexity index is 760. The van der Waals surface area contributed by atoms with Crippen molar-refractivity contribution >= 4 is 39.0 Å². The number of rotatable bonds is 2. The smallest absolute Gasteiger partial charge is 0.273 e. The summed E-state index contributed by atoms with van der Waals surface area (Å²) < 4.78 is 0. The number of aromatic amines is 1. The number of carbonyl (C=O) groups excluding carboxylic acids is 1. The van der Waals surface area contributed by atoms with Gasteiger partial charge in [0.2, 0.25) is 5.13 Å². The molecule has 0 atom stereocenters. The molecule has 6 nitrogen and oxygen atoms in total. The van der Waals surface area contributed by atoms with E-state index < -0.39 is 0 Å². The van der Waals surface area contributed by atoms with E-state index in [1.807, 2.05) is 19.1 Å². The summed E-state index contributed by atoms with van der Waals surface area (Å²) >= 11 is 1.33. The van der Waals surface area contributed by atoms with Crippen molar-refractivity contribution in [1.82, 2.24) is 15.2 Å². The van der Waals surface area contributed by atoms with Crippen LogP contribution >= 0.6 is 11.3 Å². The van der Waals surface area contributed by atoms with Crippen LogP contribution in [0.25, 0.3) is 10.9 Å². The lowest BCUT2D eigenvalue weighted by Gasteiger charge is -1.97. The number of carbonyl (C=O) groups is 1. The molecule has 19 heavy (non-hydrogen) atoms. The number of hydrogen-bond donors (Lipinski definition) is 3. The minimum atomic E-state index is -0.258. The van der Waals surface area contributed by atoms with Crippen LogP contribution in [0, 0.1) is 6.92 Å². The Morgan fingerprint density at radius 1 is 1.42 bits per heavy atom. The van der Waals surface area contributed by atoms with Gasteiger partial charge in [0.25, 0.3) is 5.91 Å². The summed E-state index contributed by atoms with van der Waals surface area (Å²) in [5, 5.41) is 12.6. The second kappa shape index (κ2) is 4.36. The first-order chi connectivity index (χ1) is 9.13. The van der Waals surface area contributed by atoms with Crippen molar-refractivity contribution in [2.75, 3.05) is 11.1 Å². The van der Waals surface area contributed by atoms with Crippen molar-refractivity contribution in [3.05, 3.63) is 35.0 Å². The zero-order valence-electron chi connectivity index (χ0n) is 10.1. The largest absolute Gasteiger partial charge is 0.397 e. The fourth-order valence-electron chi connectivity index (χ4n) is 1.81. The number of nitrogens with two attached hydrogens (primary N) is 1. The Morgan fingerprint density at radius 3 is 2.95 bits per heavy atom. The van der Waals surface area contributed by atoms with Gasteiger partial charge in [-0.3, -0.25) is 10.1 Å². The van der Waals surface area contributed by atoms with Crippen LogP contribution < -0.4 is 11.1 Å². The number of nitrogens with one attached hydrogen (secondary N) is 2. The van der Waals surface area contributed by atoms with Crippen molar-refractivity contribution in [2.24, 2.45) is 0 Å². The van der Waals surface area contributed by atoms with Gasteiger partial charge < -0.3 is 10.7 Å². The summed E-state index contributed by atoms with van der Waals surface area (Å²) in [5.74, 6) is -0.258. The monoisotopic (exact) mass is 273 g/mol. The maximum absolute atomic E-state index is 12.1. The number of H-pyrrole nitrogens is 1. The maximum Gasteiger partial charge on any atom is 0.273 e. The van der Waals surface area contributed by atoms with Gasteiger partial charge >= 0.3 is 0 Å². The highest BCUT2D eigenvalue weighted by Gasteiger charge is 2.12. The molecule has 0 fully saturated rings. The molecular formula is C12H11N5OS. The number of fused-ring (bicyclic) bond motifs is 1. The average Bonchev–Trinajstić information content (AvgIpc) is 2.96. The molecule has 7 heteroatoms. The number of nitrogens with zero attached hydrogens (tertiary/aromatic N) is 2. The topological polar surface area (TPSA) is 96.7 Å². The van der Waals surface area contributed by atoms with Crippen LogP contribution in [0.15, 0.2) is 24.3 Å². The van der Waals surface area contributed by atoms with Gasteiger partial charge in [-0.2, -0.15) is 0 Å². The first kappa shape index (κ1) is 11.7. The second-order valence-electron chi connectivity index (χ2n) is 4.07. The standard InChI is InChI=1S/C12H11N5OS/c1-6-16-17-12(19-6)15-11(18)9-5-7-3-2-4-8(13)10(7)14-9/h2-5,14H,13H2,1H3,(H,15,17,18). The highest BCUT2D eigenvalue weighted by Crippen LogP contribution is 2.22. The fourth-order valence-corrected chi connectivity index (χ4v) is 2.40. The van der Waals surface area contributed by atoms with E-state index in [9.17, 15) is 4.79 Å². The molecule has 2 aromatic heterocycles. The van der Waals surface area contributed by atoms with Gasteiger partial charge in [0.05, 0.1) is 11.2 Å². The number of benzene rings is 1. The van der Waals surface area contributed by atoms with Crippen LogP contribution in [-0.4, -0.2) is 21.1 Å². The van der Waals surface area contributed by atoms with E-state index >= 15 is 0 Å². The number of anilines is 2. The molecule has 0 aliphatic rings. The number of aromatic nitrogens is 3. The molecule has 0 aliphatic carbocycles. The van der Waals surface area contributed by atoms with Gasteiger partial charge in [0.15, 0.2) is 0 Å². The summed E-state index contributed by atoms with van der Waals surface area (Å²) in [5.41, 5.74) is 7.67. The number of aryl methyl sites for hydroxylation is 1. The predicted octanol–water partition coefficient (Wildman–Crippen LogP) is 2.16. The minimum Gasteiger partial charge on any atom is -0.397 e. The maximum atomic E-state index is 12.1. The van der Waals surface area contributed by atoms with E-state index in [-0.39, 0.29) is 5.91 Å². The Balaban J connectivity index is 1.91. The Morgan fingerprint density at radius 2 is 2.26 bits per heavy atom. The first-order valence-electron chi connectivity index (χ1n) is 5.62. The Kier molecular flexibility index (Phi) is 2.68. The molecule has 3 aromatic rings. The van der Waals surface area contributed by atoms with Crippen LogP contribution in [0.3, 0.4) is 0 Å². The van der Waals surface area contributed by atoms with Crippen LogP contribution in [0.5, 0.6) is 0 Å². The van der Waals surface area contributed by atoms with Gasteiger partial charge in [-0.05, 0) is 19.1 Å². The number of nitrogen functional groups attached to an aromatic ring is 1. The van der Waals surface area contributed by atoms with Crippen LogP contribution in [-0.2, 0) is 0 Å². The minimum absolute atomic E-state index is 0.258. The van der Waals surface area contributed by atoms with Gasteiger partial charge in [0.1, 0.15) is 10.7 Å². The Labute approximate surface area is 112 Å². The highest BCUT2D eigenvalue weighted by molar-refractivity contribution is 7.15. The van der Waals surface area contributed by atoms with Gasteiger partial charge in [0, 0.05) is 5.39 Å². The summed E-state index contributed by atoms with van der Waals surface area (Å²) in [6, 6.07) is 7.29. The first-order valence-corrected chi connectivity index (χ1v) is 6.44. The lowest BCUT2D eigenvalue weighted by molar-refractivity contribution is 0.102. The fraction of sp³-hybridized carbons (Fsp3) is 0.0833. The summed E-state index contributed by atoms with van der Waals surface area (Å²) in [7, 11) is 0. The van der Waals surface area contributed by atoms with Crippen molar-refractivity contribution in [1.29, 1.82) is 0 Å². The third-order valence-corrected chi connectivity index (χ3v) is 3.43. The molecule has 0 saturated heterocycles. The van der Waals surface area contributed by atoms with E-state index in [0.29, 0.717) is 16.5 Å². The summed E-state index contributed by atoms with van der Waals surface area (Å²) in [6.07, 6.45) is 0. The number of hydrogen-bond acceptors (Lipinski definition) is 5. The van der Waals surface area contributed by atoms with Crippen LogP contribution in [0.1, 0.15) is 15.5 Å². The SMILES string of the molecule is Cc1nnc(NC(=O)c2cc3cccc(N)c3[nH]2)s1. The van der Waals surface area contributed by atoms with E-state index in [1.165, 1.54) is 11.3 Å². The molecule has 1 amide bonds. The van der Waals surface area contributed by atoms with Gasteiger partial charge in [-0.1, -0.05) is 23.5 Å². The third-order valence-electron chi connectivity index (χ3n) is 2.68. The third kappa shape index (κ3) is 2.15. The molecule has 2 heterocycles. The molecule has 1 aromatic carbocycles. The molecule has 96 valence electrons. The molecule has 0 spiro atoms. The zero-order valence-corrected chi connectivity index (χ0v) is 10.9. The number of para-hydroxylation sites is 1. The van der Waals surface area contributed by atoms with Crippen molar-refractivity contribution in [3.8, 4) is 0 Å². The quantitative estimate of drug-likeness (QED) is 0.623. The predicted molar refractivity (Wildman–Crippen MR) is 75.3 cm³/mol.